The molecule has 0 saturated heterocycles. The van der Waals surface area contributed by atoms with Crippen molar-refractivity contribution in [2.45, 2.75) is 0 Å². The molecule has 0 bridgehead atoms. The Kier molecular flexibility index (Phi) is 4.92. The number of nitrogens with zero attached hydrogens (tertiary/aromatic N) is 3. The summed E-state index contributed by atoms with van der Waals surface area (Å²) in [7, 11) is 0. The summed E-state index contributed by atoms with van der Waals surface area (Å²) >= 11 is 0. The highest BCUT2D eigenvalue weighted by atomic mass is 16.6. The van der Waals surface area contributed by atoms with E-state index in [-0.39, 0.29) is 10.6 Å². The molecule has 1 N–H and O–H groups in total. The van der Waals surface area contributed by atoms with Crippen LogP contribution in [0.4, 0.5) is 5.69 Å². The predicted molar refractivity (Wildman–Crippen MR) is 189 cm³/mol. The van der Waals surface area contributed by atoms with Gasteiger partial charge in [-0.1, -0.05) is 91.0 Å². The molecule has 6 heteroatoms. The summed E-state index contributed by atoms with van der Waals surface area (Å²) in [5.74, 6) is 0. The third-order valence-electron chi connectivity index (χ3n) is 9.53. The maximum Gasteiger partial charge on any atom is 0.277 e. The van der Waals surface area contributed by atoms with Crippen molar-refractivity contribution in [1.82, 2.24) is 13.8 Å². The van der Waals surface area contributed by atoms with Crippen LogP contribution >= 0.6 is 0 Å². The van der Waals surface area contributed by atoms with E-state index in [4.69, 9.17) is 0 Å². The molecular weight excluding hydrogens is 568 g/mol. The van der Waals surface area contributed by atoms with Crippen LogP contribution in [0.15, 0.2) is 140 Å². The van der Waals surface area contributed by atoms with Crippen LogP contribution in [0.1, 0.15) is 0 Å². The molecule has 0 aliphatic heterocycles. The molecule has 0 saturated carbocycles. The largest absolute Gasteiger partial charge is 0.353 e. The number of aromatic amines is 1. The number of hydrogen-bond donors (Lipinski definition) is 1. The minimum atomic E-state index is -0.317. The van der Waals surface area contributed by atoms with Gasteiger partial charge in [0.15, 0.2) is 0 Å². The van der Waals surface area contributed by atoms with Crippen LogP contribution in [0, 0.1) is 10.1 Å². The van der Waals surface area contributed by atoms with Crippen molar-refractivity contribution < 1.29 is 4.92 Å². The highest BCUT2D eigenvalue weighted by Crippen LogP contribution is 2.42. The first-order valence-corrected chi connectivity index (χ1v) is 15.3. The number of aromatic nitrogens is 3. The number of pyridine rings is 2. The van der Waals surface area contributed by atoms with E-state index in [1.54, 1.807) is 12.1 Å². The summed E-state index contributed by atoms with van der Waals surface area (Å²) in [6.07, 6.45) is 0. The molecule has 0 amide bonds. The van der Waals surface area contributed by atoms with E-state index in [1.807, 2.05) is 36.4 Å². The molecule has 0 atom stereocenters. The molecule has 7 heterocycles. The molecule has 7 aromatic heterocycles. The Morgan fingerprint density at radius 2 is 1.07 bits per heavy atom. The molecule has 0 aliphatic rings. The molecule has 0 radical (unpaired) electrons. The van der Waals surface area contributed by atoms with Crippen molar-refractivity contribution in [2.75, 3.05) is 0 Å². The van der Waals surface area contributed by atoms with Gasteiger partial charge in [-0.25, -0.2) is 0 Å². The topological polar surface area (TPSA) is 67.8 Å². The molecular formula is C40H24N4O2. The van der Waals surface area contributed by atoms with E-state index >= 15 is 0 Å². The zero-order chi connectivity index (χ0) is 30.5. The number of para-hydroxylation sites is 2. The van der Waals surface area contributed by atoms with E-state index in [2.05, 4.69) is 105 Å². The normalized spacial score (nSPS) is 12.1. The van der Waals surface area contributed by atoms with E-state index < -0.39 is 0 Å². The second-order valence-corrected chi connectivity index (χ2v) is 11.8. The van der Waals surface area contributed by atoms with Gasteiger partial charge in [0.2, 0.25) is 0 Å². The van der Waals surface area contributed by atoms with Crippen LogP contribution in [0.25, 0.3) is 87.6 Å². The van der Waals surface area contributed by atoms with Crippen LogP contribution in [0.3, 0.4) is 0 Å². The maximum absolute atomic E-state index is 11.4. The second kappa shape index (κ2) is 9.06. The van der Waals surface area contributed by atoms with Crippen molar-refractivity contribution in [3.63, 3.8) is 0 Å². The minimum Gasteiger partial charge on any atom is -0.353 e. The van der Waals surface area contributed by atoms with Crippen molar-refractivity contribution in [3.8, 4) is 11.1 Å². The van der Waals surface area contributed by atoms with Crippen LogP contribution in [-0.4, -0.2) is 18.7 Å². The number of rotatable bonds is 2. The predicted octanol–water partition coefficient (Wildman–Crippen LogP) is 10.6. The smallest absolute Gasteiger partial charge is 0.277 e. The Bertz CT molecular complexity index is 2960. The molecule has 0 aliphatic carbocycles. The zero-order valence-corrected chi connectivity index (χ0v) is 24.4. The third kappa shape index (κ3) is 3.19. The van der Waals surface area contributed by atoms with Gasteiger partial charge < -0.3 is 13.8 Å². The van der Waals surface area contributed by atoms with E-state index in [0.29, 0.717) is 5.56 Å². The van der Waals surface area contributed by atoms with Crippen LogP contribution in [-0.2, 0) is 0 Å². The zero-order valence-electron chi connectivity index (χ0n) is 24.4. The van der Waals surface area contributed by atoms with Gasteiger partial charge in [0, 0.05) is 49.5 Å². The van der Waals surface area contributed by atoms with Gasteiger partial charge in [-0.3, -0.25) is 10.1 Å². The fourth-order valence-electron chi connectivity index (χ4n) is 7.69. The first-order valence-electron chi connectivity index (χ1n) is 15.3. The van der Waals surface area contributed by atoms with Crippen molar-refractivity contribution >= 4 is 82.1 Å². The van der Waals surface area contributed by atoms with Crippen LogP contribution in [0.5, 0.6) is 0 Å². The number of hydrogen-bond acceptors (Lipinski definition) is 2. The Morgan fingerprint density at radius 3 is 1.83 bits per heavy atom. The third-order valence-corrected chi connectivity index (χ3v) is 9.53. The quantitative estimate of drug-likeness (QED) is 0.160. The Labute approximate surface area is 261 Å². The second-order valence-electron chi connectivity index (χ2n) is 11.8. The van der Waals surface area contributed by atoms with Gasteiger partial charge in [0.1, 0.15) is 0 Å². The van der Waals surface area contributed by atoms with Gasteiger partial charge in [-0.2, -0.15) is 0 Å². The molecule has 6 nitrogen and oxygen atoms in total. The van der Waals surface area contributed by atoms with Crippen molar-refractivity contribution in [1.29, 1.82) is 0 Å². The summed E-state index contributed by atoms with van der Waals surface area (Å²) in [6, 6.07) is 47.2. The average Bonchev–Trinajstić information content (AvgIpc) is 3.90. The highest BCUT2D eigenvalue weighted by Gasteiger charge is 2.22. The van der Waals surface area contributed by atoms with Crippen LogP contribution < -0.4 is 0 Å². The lowest BCUT2D eigenvalue weighted by molar-refractivity contribution is -0.384. The van der Waals surface area contributed by atoms with Crippen molar-refractivity contribution in [3.05, 3.63) is 150 Å². The lowest BCUT2D eigenvalue weighted by atomic mass is 10.0. The van der Waals surface area contributed by atoms with Crippen LogP contribution in [0.2, 0.25) is 0 Å². The molecule has 11 aromatic rings. The number of nitro benzene ring substituents is 1. The summed E-state index contributed by atoms with van der Waals surface area (Å²) in [6.45, 7) is 0. The standard InChI is InChI=1S/C20H12N2O2.C20H12N2/c23-22(24)19-9-4-3-8-15(19)16-12-20-14-7-2-1-6-13(14)17-10-5-11-18(16)21(17)20;1-2-7-13-12(6-1)16-10-5-11-17-18-14-8-3-4-9-15(14)21-19(18)20(13)22(16)17/h1-12H;1-11,21H. The van der Waals surface area contributed by atoms with Crippen molar-refractivity contribution in [2.24, 2.45) is 0 Å². The molecule has 216 valence electrons. The number of nitrogens with one attached hydrogen (secondary N) is 1. The molecule has 4 aromatic carbocycles. The van der Waals surface area contributed by atoms with Gasteiger partial charge in [0.25, 0.3) is 5.69 Å². The average molecular weight is 593 g/mol. The summed E-state index contributed by atoms with van der Waals surface area (Å²) in [5.41, 5.74) is 11.2. The highest BCUT2D eigenvalue weighted by molar-refractivity contribution is 6.28. The monoisotopic (exact) mass is 592 g/mol. The van der Waals surface area contributed by atoms with E-state index in [1.165, 1.54) is 59.9 Å². The number of benzene rings is 4. The van der Waals surface area contributed by atoms with E-state index in [0.717, 1.165) is 22.1 Å². The fraction of sp³-hybridized carbons (Fsp3) is 0. The molecule has 11 rings (SSSR count). The molecule has 0 fully saturated rings. The Hall–Kier alpha value is -6.40. The first-order chi connectivity index (χ1) is 22.7. The Morgan fingerprint density at radius 1 is 0.500 bits per heavy atom. The summed E-state index contributed by atoms with van der Waals surface area (Å²) < 4.78 is 4.59. The first kappa shape index (κ1) is 25.0. The van der Waals surface area contributed by atoms with Gasteiger partial charge in [-0.05, 0) is 42.5 Å². The maximum atomic E-state index is 11.4. The van der Waals surface area contributed by atoms with Gasteiger partial charge in [-0.15, -0.1) is 0 Å². The molecule has 46 heavy (non-hydrogen) atoms. The number of H-pyrrole nitrogens is 1. The fourth-order valence-corrected chi connectivity index (χ4v) is 7.69. The lowest BCUT2D eigenvalue weighted by Crippen LogP contribution is -1.91. The summed E-state index contributed by atoms with van der Waals surface area (Å²) in [5, 5.41) is 19.1. The van der Waals surface area contributed by atoms with Gasteiger partial charge >= 0.3 is 0 Å². The summed E-state index contributed by atoms with van der Waals surface area (Å²) in [4.78, 5) is 14.7. The Balaban J connectivity index is 0.000000120. The lowest BCUT2D eigenvalue weighted by Gasteiger charge is -2.03. The number of fused-ring (bicyclic) bond motifs is 11. The molecule has 0 spiro atoms. The molecule has 0 unspecified atom stereocenters. The van der Waals surface area contributed by atoms with E-state index in [9.17, 15) is 10.1 Å². The number of nitro groups is 1. The minimum absolute atomic E-state index is 0.135. The SMILES string of the molecule is O=[N+]([O-])c1ccccc1-c1cc2c3ccccc3c3cccc1n32.c1ccc2c(c1)[nH]c1c2c2cccc3c4ccccc4c1n32. The van der Waals surface area contributed by atoms with Gasteiger partial charge in [0.05, 0.1) is 49.1 Å².